The van der Waals surface area contributed by atoms with Gasteiger partial charge < -0.3 is 0 Å². The van der Waals surface area contributed by atoms with Gasteiger partial charge in [-0.1, -0.05) is 0 Å². The van der Waals surface area contributed by atoms with Gasteiger partial charge in [-0.2, -0.15) is 14.0 Å². The fourth-order valence-corrected chi connectivity index (χ4v) is 13.9. The van der Waals surface area contributed by atoms with Gasteiger partial charge in [-0.05, 0) is 42.3 Å². The van der Waals surface area contributed by atoms with Gasteiger partial charge in [0.2, 0.25) is 0 Å². The first-order valence-electron chi connectivity index (χ1n) is 7.08. The Morgan fingerprint density at radius 2 is 0.762 bits per heavy atom. The van der Waals surface area contributed by atoms with E-state index in [4.69, 9.17) is 0 Å². The van der Waals surface area contributed by atoms with E-state index in [2.05, 4.69) is 118 Å². The summed E-state index contributed by atoms with van der Waals surface area (Å²) in [7, 11) is 22.8. The summed E-state index contributed by atoms with van der Waals surface area (Å²) in [6.45, 7) is 0. The van der Waals surface area contributed by atoms with Crippen molar-refractivity contribution in [3.05, 3.63) is 0 Å². The zero-order chi connectivity index (χ0) is 17.2. The molecule has 0 N–H and O–H groups in total. The van der Waals surface area contributed by atoms with Crippen molar-refractivity contribution in [2.75, 3.05) is 84.6 Å². The second-order valence-electron chi connectivity index (χ2n) is 6.43. The van der Waals surface area contributed by atoms with E-state index < -0.39 is 15.1 Å². The normalized spacial score (nSPS) is 14.4. The SMILES string of the molecule is CN(C)P(=C[P+](N(C)C)(N(C)C)N(C)C)(N(C)C)N(C)C. The monoisotopic (exact) mass is 339 g/mol. The molecule has 0 fully saturated rings. The average molecular weight is 339 g/mol. The van der Waals surface area contributed by atoms with E-state index in [-0.39, 0.29) is 0 Å². The van der Waals surface area contributed by atoms with Crippen LogP contribution in [0.1, 0.15) is 0 Å². The molecule has 0 aliphatic heterocycles. The number of nitrogens with zero attached hydrogens (tertiary/aromatic N) is 6. The molecule has 21 heavy (non-hydrogen) atoms. The van der Waals surface area contributed by atoms with Gasteiger partial charge in [0.25, 0.3) is 7.71 Å². The summed E-state index contributed by atoms with van der Waals surface area (Å²) in [5, 5.41) is 0. The Hall–Kier alpha value is 0.490. The molecule has 0 bridgehead atoms. The van der Waals surface area contributed by atoms with Crippen LogP contribution in [0.4, 0.5) is 0 Å². The molecule has 0 unspecified atom stereocenters. The second-order valence-corrected chi connectivity index (χ2v) is 14.6. The molecule has 0 aliphatic carbocycles. The van der Waals surface area contributed by atoms with E-state index in [1.54, 1.807) is 0 Å². The fraction of sp³-hybridized carbons (Fsp3) is 0.923. The van der Waals surface area contributed by atoms with Crippen molar-refractivity contribution < 1.29 is 0 Å². The summed E-state index contributed by atoms with van der Waals surface area (Å²) in [5.41, 5.74) is 2.60. The summed E-state index contributed by atoms with van der Waals surface area (Å²) in [5.74, 6) is 0. The van der Waals surface area contributed by atoms with Gasteiger partial charge in [0.15, 0.2) is 0 Å². The lowest BCUT2D eigenvalue weighted by Crippen LogP contribution is -2.40. The zero-order valence-electron chi connectivity index (χ0n) is 16.2. The first-order chi connectivity index (χ1) is 9.37. The first-order valence-corrected chi connectivity index (χ1v) is 10.5. The minimum atomic E-state index is -1.70. The van der Waals surface area contributed by atoms with Crippen molar-refractivity contribution in [3.8, 4) is 0 Å². The van der Waals surface area contributed by atoms with E-state index in [1.807, 2.05) is 0 Å². The maximum absolute atomic E-state index is 2.60. The molecule has 0 aromatic carbocycles. The smallest absolute Gasteiger partial charge is 0.257 e. The molecule has 0 heterocycles. The second kappa shape index (κ2) is 7.85. The van der Waals surface area contributed by atoms with E-state index >= 15 is 0 Å². The van der Waals surface area contributed by atoms with Gasteiger partial charge in [-0.3, -0.25) is 14.0 Å². The predicted molar refractivity (Wildman–Crippen MR) is 102 cm³/mol. The topological polar surface area (TPSA) is 19.4 Å². The molecule has 0 atom stereocenters. The molecule has 0 aliphatic rings. The highest BCUT2D eigenvalue weighted by Crippen LogP contribution is 2.68. The lowest BCUT2D eigenvalue weighted by Gasteiger charge is -2.46. The van der Waals surface area contributed by atoms with Crippen LogP contribution in [0.2, 0.25) is 0 Å². The summed E-state index contributed by atoms with van der Waals surface area (Å²) < 4.78 is 14.2. The fourth-order valence-electron chi connectivity index (χ4n) is 2.97. The average Bonchev–Trinajstić information content (AvgIpc) is 2.26. The standard InChI is InChI=1S/C13H37N6P2/c1-14(2)20(15(3)4,16(5)6)13-21(17(7)8,18(9)10)19(11)12/h13H,1-12H3/q+1. The molecule has 0 spiro atoms. The maximum Gasteiger partial charge on any atom is 0.257 e. The highest BCUT2D eigenvalue weighted by molar-refractivity contribution is 7.96. The van der Waals surface area contributed by atoms with Crippen LogP contribution in [-0.2, 0) is 0 Å². The van der Waals surface area contributed by atoms with Crippen LogP contribution in [-0.4, -0.2) is 118 Å². The lowest BCUT2D eigenvalue weighted by molar-refractivity contribution is 0.473. The van der Waals surface area contributed by atoms with Crippen LogP contribution in [0.5, 0.6) is 0 Å². The molecule has 0 radical (unpaired) electrons. The number of hydrogen-bond donors (Lipinski definition) is 0. The third-order valence-electron chi connectivity index (χ3n) is 3.84. The van der Waals surface area contributed by atoms with E-state index in [0.29, 0.717) is 0 Å². The van der Waals surface area contributed by atoms with Crippen molar-refractivity contribution in [2.45, 2.75) is 0 Å². The largest absolute Gasteiger partial charge is 0.264 e. The predicted octanol–water partition coefficient (Wildman–Crippen LogP) is 1.64. The third kappa shape index (κ3) is 3.88. The third-order valence-corrected chi connectivity index (χ3v) is 13.4. The van der Waals surface area contributed by atoms with Gasteiger partial charge in [0, 0.05) is 42.3 Å². The number of rotatable bonds is 7. The van der Waals surface area contributed by atoms with Crippen molar-refractivity contribution in [3.63, 3.8) is 0 Å². The zero-order valence-corrected chi connectivity index (χ0v) is 17.9. The molecular formula is C13H37N6P2+. The van der Waals surface area contributed by atoms with Crippen LogP contribution in [0.25, 0.3) is 0 Å². The highest BCUT2D eigenvalue weighted by atomic mass is 31.2. The van der Waals surface area contributed by atoms with Gasteiger partial charge in [0.1, 0.15) is 12.9 Å². The Kier molecular flexibility index (Phi) is 8.03. The van der Waals surface area contributed by atoms with Crippen LogP contribution in [0.15, 0.2) is 0 Å². The van der Waals surface area contributed by atoms with E-state index in [0.717, 1.165) is 0 Å². The lowest BCUT2D eigenvalue weighted by atomic mass is 11.2. The van der Waals surface area contributed by atoms with Gasteiger partial charge in [-0.25, -0.2) is 0 Å². The Balaban J connectivity index is 6.61. The molecule has 8 heteroatoms. The molecule has 0 aromatic heterocycles. The Morgan fingerprint density at radius 1 is 0.524 bits per heavy atom. The molecule has 0 saturated heterocycles. The van der Waals surface area contributed by atoms with Gasteiger partial charge >= 0.3 is 0 Å². The molecule has 6 nitrogen and oxygen atoms in total. The molecule has 0 rings (SSSR count). The van der Waals surface area contributed by atoms with E-state index in [1.165, 1.54) is 0 Å². The minimum absolute atomic E-state index is 1.70. The molecule has 0 saturated carbocycles. The number of hydrogen-bond acceptors (Lipinski definition) is 6. The molecule has 0 aromatic rings. The Morgan fingerprint density at radius 3 is 0.905 bits per heavy atom. The Labute approximate surface area is 133 Å². The van der Waals surface area contributed by atoms with Crippen LogP contribution in [0.3, 0.4) is 0 Å². The van der Waals surface area contributed by atoms with Crippen molar-refractivity contribution in [1.29, 1.82) is 0 Å². The van der Waals surface area contributed by atoms with Crippen LogP contribution < -0.4 is 0 Å². The van der Waals surface area contributed by atoms with Crippen molar-refractivity contribution in [2.24, 2.45) is 0 Å². The van der Waals surface area contributed by atoms with Crippen molar-refractivity contribution >= 4 is 20.6 Å². The highest BCUT2D eigenvalue weighted by Gasteiger charge is 2.49. The van der Waals surface area contributed by atoms with E-state index in [9.17, 15) is 0 Å². The summed E-state index contributed by atoms with van der Waals surface area (Å²) in [6, 6.07) is 0. The van der Waals surface area contributed by atoms with Crippen LogP contribution in [0, 0.1) is 0 Å². The summed E-state index contributed by atoms with van der Waals surface area (Å²) >= 11 is 0. The molecule has 128 valence electrons. The maximum atomic E-state index is 2.60. The minimum Gasteiger partial charge on any atom is -0.264 e. The quantitative estimate of drug-likeness (QED) is 0.652. The molecular weight excluding hydrogens is 302 g/mol. The van der Waals surface area contributed by atoms with Crippen LogP contribution >= 0.6 is 15.1 Å². The van der Waals surface area contributed by atoms with Gasteiger partial charge in [-0.15, -0.1) is 0 Å². The summed E-state index contributed by atoms with van der Waals surface area (Å²) in [4.78, 5) is 0. The summed E-state index contributed by atoms with van der Waals surface area (Å²) in [6.07, 6.45) is 0. The Bertz CT molecular complexity index is 327. The van der Waals surface area contributed by atoms with Gasteiger partial charge in [0.05, 0.1) is 0 Å². The molecule has 0 amide bonds. The van der Waals surface area contributed by atoms with Crippen molar-refractivity contribution in [1.82, 2.24) is 28.0 Å². The first kappa shape index (κ1) is 21.5.